The quantitative estimate of drug-likeness (QED) is 0.772. The second kappa shape index (κ2) is 7.62. The molecule has 1 N–H and O–H groups in total. The van der Waals surface area contributed by atoms with E-state index in [0.717, 1.165) is 16.7 Å². The van der Waals surface area contributed by atoms with Crippen LogP contribution in [0.3, 0.4) is 0 Å². The van der Waals surface area contributed by atoms with Crippen LogP contribution in [-0.2, 0) is 9.47 Å². The lowest BCUT2D eigenvalue weighted by molar-refractivity contribution is 0.0759. The van der Waals surface area contributed by atoms with Gasteiger partial charge in [0, 0.05) is 24.3 Å². The number of methoxy groups -OCH3 is 1. The van der Waals surface area contributed by atoms with Crippen LogP contribution < -0.4 is 5.32 Å². The number of pyridine rings is 1. The van der Waals surface area contributed by atoms with E-state index in [1.54, 1.807) is 19.5 Å². The fourth-order valence-electron chi connectivity index (χ4n) is 1.02. The molecule has 0 aliphatic heterocycles. The molecular weight excluding hydrogens is 260 g/mol. The van der Waals surface area contributed by atoms with Crippen LogP contribution in [0.2, 0.25) is 0 Å². The van der Waals surface area contributed by atoms with Crippen molar-refractivity contribution in [2.45, 2.75) is 0 Å². The summed E-state index contributed by atoms with van der Waals surface area (Å²) in [7, 11) is 1.66. The second-order valence-corrected chi connectivity index (χ2v) is 3.84. The molecule has 5 heteroatoms. The molecule has 1 aromatic heterocycles. The number of hydrogen-bond donors (Lipinski definition) is 1. The van der Waals surface area contributed by atoms with E-state index in [9.17, 15) is 0 Å². The Hall–Kier alpha value is -0.650. The number of halogens is 1. The number of aromatic nitrogens is 1. The van der Waals surface area contributed by atoms with E-state index in [4.69, 9.17) is 9.47 Å². The first-order valence-electron chi connectivity index (χ1n) is 4.74. The van der Waals surface area contributed by atoms with Crippen molar-refractivity contribution in [1.82, 2.24) is 4.98 Å². The first-order chi connectivity index (χ1) is 7.33. The summed E-state index contributed by atoms with van der Waals surface area (Å²) in [4.78, 5) is 4.04. The van der Waals surface area contributed by atoms with Gasteiger partial charge < -0.3 is 14.8 Å². The third-order valence-electron chi connectivity index (χ3n) is 1.71. The highest BCUT2D eigenvalue weighted by Gasteiger charge is 1.93. The molecule has 1 heterocycles. The van der Waals surface area contributed by atoms with Gasteiger partial charge in [0.15, 0.2) is 0 Å². The standard InChI is InChI=1S/C10H15BrN2O2/c1-14-4-5-15-3-2-13-10-6-9(11)7-12-8-10/h6-8,13H,2-5H2,1H3. The normalized spacial score (nSPS) is 10.3. The van der Waals surface area contributed by atoms with E-state index in [-0.39, 0.29) is 0 Å². The number of anilines is 1. The van der Waals surface area contributed by atoms with Crippen LogP contribution in [0.1, 0.15) is 0 Å². The molecule has 0 unspecified atom stereocenters. The molecule has 0 saturated carbocycles. The van der Waals surface area contributed by atoms with Gasteiger partial charge in [-0.3, -0.25) is 4.98 Å². The highest BCUT2D eigenvalue weighted by molar-refractivity contribution is 9.10. The molecule has 0 fully saturated rings. The molecule has 4 nitrogen and oxygen atoms in total. The van der Waals surface area contributed by atoms with Gasteiger partial charge in [-0.2, -0.15) is 0 Å². The highest BCUT2D eigenvalue weighted by atomic mass is 79.9. The van der Waals surface area contributed by atoms with Gasteiger partial charge in [0.2, 0.25) is 0 Å². The largest absolute Gasteiger partial charge is 0.382 e. The van der Waals surface area contributed by atoms with E-state index in [1.807, 2.05) is 6.07 Å². The average molecular weight is 275 g/mol. The van der Waals surface area contributed by atoms with Gasteiger partial charge in [0.05, 0.1) is 31.7 Å². The van der Waals surface area contributed by atoms with Crippen molar-refractivity contribution in [3.05, 3.63) is 22.9 Å². The molecule has 1 aromatic rings. The predicted octanol–water partition coefficient (Wildman–Crippen LogP) is 1.92. The number of nitrogens with one attached hydrogen (secondary N) is 1. The highest BCUT2D eigenvalue weighted by Crippen LogP contribution is 2.12. The topological polar surface area (TPSA) is 43.4 Å². The molecule has 0 aliphatic carbocycles. The maximum atomic E-state index is 5.31. The third-order valence-corrected chi connectivity index (χ3v) is 2.15. The van der Waals surface area contributed by atoms with E-state index in [2.05, 4.69) is 26.2 Å². The molecule has 0 spiro atoms. The summed E-state index contributed by atoms with van der Waals surface area (Å²) in [5, 5.41) is 3.20. The van der Waals surface area contributed by atoms with E-state index < -0.39 is 0 Å². The first-order valence-corrected chi connectivity index (χ1v) is 5.53. The van der Waals surface area contributed by atoms with Gasteiger partial charge in [0.25, 0.3) is 0 Å². The molecule has 1 rings (SSSR count). The molecule has 84 valence electrons. The van der Waals surface area contributed by atoms with E-state index in [1.165, 1.54) is 0 Å². The molecule has 15 heavy (non-hydrogen) atoms. The Labute approximate surface area is 98.1 Å². The van der Waals surface area contributed by atoms with Gasteiger partial charge in [0.1, 0.15) is 0 Å². The van der Waals surface area contributed by atoms with Crippen LogP contribution in [0.25, 0.3) is 0 Å². The van der Waals surface area contributed by atoms with Crippen molar-refractivity contribution in [2.24, 2.45) is 0 Å². The van der Waals surface area contributed by atoms with Crippen molar-refractivity contribution in [3.63, 3.8) is 0 Å². The Balaban J connectivity index is 2.10. The van der Waals surface area contributed by atoms with Gasteiger partial charge in [-0.05, 0) is 22.0 Å². The SMILES string of the molecule is COCCOCCNc1cncc(Br)c1. The zero-order chi connectivity index (χ0) is 10.9. The van der Waals surface area contributed by atoms with Crippen LogP contribution >= 0.6 is 15.9 Å². The van der Waals surface area contributed by atoms with Crippen molar-refractivity contribution < 1.29 is 9.47 Å². The van der Waals surface area contributed by atoms with Gasteiger partial charge in [-0.25, -0.2) is 0 Å². The van der Waals surface area contributed by atoms with Crippen molar-refractivity contribution >= 4 is 21.6 Å². The molecule has 0 bridgehead atoms. The Kier molecular flexibility index (Phi) is 6.31. The summed E-state index contributed by atoms with van der Waals surface area (Å²) >= 11 is 3.36. The van der Waals surface area contributed by atoms with Crippen LogP contribution in [-0.4, -0.2) is 38.5 Å². The molecular formula is C10H15BrN2O2. The Morgan fingerprint density at radius 2 is 2.20 bits per heavy atom. The predicted molar refractivity (Wildman–Crippen MR) is 63.1 cm³/mol. The zero-order valence-corrected chi connectivity index (χ0v) is 10.3. The zero-order valence-electron chi connectivity index (χ0n) is 8.70. The number of rotatable bonds is 7. The van der Waals surface area contributed by atoms with Crippen molar-refractivity contribution in [3.8, 4) is 0 Å². The monoisotopic (exact) mass is 274 g/mol. The van der Waals surface area contributed by atoms with Crippen LogP contribution in [0.4, 0.5) is 5.69 Å². The van der Waals surface area contributed by atoms with Crippen molar-refractivity contribution in [2.75, 3.05) is 38.8 Å². The summed E-state index contributed by atoms with van der Waals surface area (Å²) in [5.74, 6) is 0. The summed E-state index contributed by atoms with van der Waals surface area (Å²) in [6.45, 7) is 2.70. The summed E-state index contributed by atoms with van der Waals surface area (Å²) in [6, 6.07) is 1.97. The van der Waals surface area contributed by atoms with Gasteiger partial charge in [-0.15, -0.1) is 0 Å². The Bertz CT molecular complexity index is 284. The Morgan fingerprint density at radius 3 is 2.93 bits per heavy atom. The fourth-order valence-corrected chi connectivity index (χ4v) is 1.39. The Morgan fingerprint density at radius 1 is 1.33 bits per heavy atom. The minimum absolute atomic E-state index is 0.634. The molecule has 0 saturated heterocycles. The number of hydrogen-bond acceptors (Lipinski definition) is 4. The van der Waals surface area contributed by atoms with Gasteiger partial charge >= 0.3 is 0 Å². The number of ether oxygens (including phenoxy) is 2. The summed E-state index contributed by atoms with van der Waals surface area (Å²) < 4.78 is 11.1. The lowest BCUT2D eigenvalue weighted by Crippen LogP contribution is -2.11. The lowest BCUT2D eigenvalue weighted by atomic mass is 10.4. The fraction of sp³-hybridized carbons (Fsp3) is 0.500. The first kappa shape index (κ1) is 12.4. The molecule has 0 aromatic carbocycles. The third kappa shape index (κ3) is 5.71. The second-order valence-electron chi connectivity index (χ2n) is 2.92. The lowest BCUT2D eigenvalue weighted by Gasteiger charge is -2.06. The average Bonchev–Trinajstić information content (AvgIpc) is 2.23. The van der Waals surface area contributed by atoms with Crippen LogP contribution in [0.15, 0.2) is 22.9 Å². The van der Waals surface area contributed by atoms with Gasteiger partial charge in [-0.1, -0.05) is 0 Å². The van der Waals surface area contributed by atoms with E-state index >= 15 is 0 Å². The maximum absolute atomic E-state index is 5.31. The molecule has 0 atom stereocenters. The minimum Gasteiger partial charge on any atom is -0.382 e. The molecule has 0 aliphatic rings. The number of nitrogens with zero attached hydrogens (tertiary/aromatic N) is 1. The summed E-state index contributed by atoms with van der Waals surface area (Å²) in [5.41, 5.74) is 0.986. The van der Waals surface area contributed by atoms with Crippen LogP contribution in [0.5, 0.6) is 0 Å². The van der Waals surface area contributed by atoms with Crippen molar-refractivity contribution in [1.29, 1.82) is 0 Å². The smallest absolute Gasteiger partial charge is 0.0701 e. The minimum atomic E-state index is 0.634. The molecule has 0 amide bonds. The maximum Gasteiger partial charge on any atom is 0.0701 e. The van der Waals surface area contributed by atoms with E-state index in [0.29, 0.717) is 19.8 Å². The summed E-state index contributed by atoms with van der Waals surface area (Å²) in [6.07, 6.45) is 3.53. The van der Waals surface area contributed by atoms with Crippen LogP contribution in [0, 0.1) is 0 Å². The molecule has 0 radical (unpaired) electrons.